The zero-order chi connectivity index (χ0) is 16.4. The maximum Gasteiger partial charge on any atom is 0.251 e. The second-order valence-electron chi connectivity index (χ2n) is 5.96. The first kappa shape index (κ1) is 16.1. The average molecular weight is 340 g/mol. The molecule has 1 saturated carbocycles. The third kappa shape index (κ3) is 3.94. The summed E-state index contributed by atoms with van der Waals surface area (Å²) in [4.78, 5) is 12.4. The first-order valence-electron chi connectivity index (χ1n) is 7.57. The quantitative estimate of drug-likeness (QED) is 0.829. The van der Waals surface area contributed by atoms with Crippen molar-refractivity contribution < 1.29 is 22.7 Å². The van der Waals surface area contributed by atoms with Crippen molar-refractivity contribution in [2.24, 2.45) is 5.92 Å². The number of rotatable bonds is 5. The van der Waals surface area contributed by atoms with E-state index in [4.69, 9.17) is 9.47 Å². The topological polar surface area (TPSA) is 93.7 Å². The van der Waals surface area contributed by atoms with Gasteiger partial charge in [-0.15, -0.1) is 0 Å². The van der Waals surface area contributed by atoms with Crippen molar-refractivity contribution in [3.63, 3.8) is 0 Å². The van der Waals surface area contributed by atoms with Crippen molar-refractivity contribution in [3.8, 4) is 11.5 Å². The zero-order valence-electron chi connectivity index (χ0n) is 12.9. The Morgan fingerprint density at radius 1 is 1.26 bits per heavy atom. The minimum atomic E-state index is -3.22. The fraction of sp³-hybridized carbons (Fsp3) is 0.533. The van der Waals surface area contributed by atoms with E-state index in [1.165, 1.54) is 0 Å². The Morgan fingerprint density at radius 3 is 2.83 bits per heavy atom. The van der Waals surface area contributed by atoms with Crippen molar-refractivity contribution in [2.45, 2.75) is 25.3 Å². The number of nitrogens with one attached hydrogen (secondary N) is 2. The molecule has 23 heavy (non-hydrogen) atoms. The van der Waals surface area contributed by atoms with Crippen molar-refractivity contribution in [1.82, 2.24) is 10.0 Å². The highest BCUT2D eigenvalue weighted by Crippen LogP contribution is 2.32. The molecule has 1 fully saturated rings. The molecule has 0 spiro atoms. The summed E-state index contributed by atoms with van der Waals surface area (Å²) in [5.74, 6) is 1.14. The second kappa shape index (κ2) is 6.37. The molecule has 7 nitrogen and oxygen atoms in total. The predicted octanol–water partition coefficient (Wildman–Crippen LogP) is 0.863. The van der Waals surface area contributed by atoms with Gasteiger partial charge in [-0.05, 0) is 37.0 Å². The highest BCUT2D eigenvalue weighted by Gasteiger charge is 2.29. The molecule has 0 aromatic heterocycles. The number of fused-ring (bicyclic) bond motifs is 1. The van der Waals surface area contributed by atoms with Crippen LogP contribution in [0.4, 0.5) is 0 Å². The van der Waals surface area contributed by atoms with Gasteiger partial charge in [-0.3, -0.25) is 4.79 Å². The minimum absolute atomic E-state index is 0.0258. The first-order chi connectivity index (χ1) is 10.9. The normalized spacial score (nSPS) is 23.0. The summed E-state index contributed by atoms with van der Waals surface area (Å²) in [5, 5.41) is 3.00. The maximum atomic E-state index is 12.4. The number of benzene rings is 1. The number of sulfonamides is 1. The van der Waals surface area contributed by atoms with E-state index in [-0.39, 0.29) is 24.7 Å². The summed E-state index contributed by atoms with van der Waals surface area (Å²) in [6.45, 7) is 0.521. The van der Waals surface area contributed by atoms with E-state index in [0.29, 0.717) is 23.6 Å². The van der Waals surface area contributed by atoms with Gasteiger partial charge >= 0.3 is 0 Å². The van der Waals surface area contributed by atoms with E-state index in [0.717, 1.165) is 25.5 Å². The molecule has 1 aliphatic heterocycles. The molecule has 2 atom stereocenters. The highest BCUT2D eigenvalue weighted by atomic mass is 32.2. The summed E-state index contributed by atoms with van der Waals surface area (Å²) in [6, 6.07) is 5.05. The van der Waals surface area contributed by atoms with Crippen LogP contribution in [0, 0.1) is 5.92 Å². The van der Waals surface area contributed by atoms with Crippen molar-refractivity contribution in [2.75, 3.05) is 19.6 Å². The van der Waals surface area contributed by atoms with Gasteiger partial charge in [0.05, 0.1) is 6.26 Å². The van der Waals surface area contributed by atoms with Crippen LogP contribution in [0.1, 0.15) is 29.6 Å². The van der Waals surface area contributed by atoms with Crippen LogP contribution >= 0.6 is 0 Å². The van der Waals surface area contributed by atoms with Gasteiger partial charge in [0.25, 0.3) is 5.91 Å². The van der Waals surface area contributed by atoms with Crippen molar-refractivity contribution in [1.29, 1.82) is 0 Å². The molecule has 2 N–H and O–H groups in total. The predicted molar refractivity (Wildman–Crippen MR) is 84.0 cm³/mol. The maximum absolute atomic E-state index is 12.4. The van der Waals surface area contributed by atoms with Gasteiger partial charge in [0.2, 0.25) is 16.8 Å². The molecule has 3 rings (SSSR count). The van der Waals surface area contributed by atoms with E-state index in [9.17, 15) is 13.2 Å². The fourth-order valence-corrected chi connectivity index (χ4v) is 3.54. The molecule has 2 aliphatic rings. The molecule has 1 amide bonds. The summed E-state index contributed by atoms with van der Waals surface area (Å²) >= 11 is 0. The molecule has 0 saturated heterocycles. The number of hydrogen-bond acceptors (Lipinski definition) is 5. The Bertz CT molecular complexity index is 704. The van der Waals surface area contributed by atoms with Crippen LogP contribution in [-0.4, -0.2) is 40.0 Å². The number of carbonyl (C=O) groups excluding carboxylic acids is 1. The van der Waals surface area contributed by atoms with E-state index in [1.54, 1.807) is 18.2 Å². The average Bonchev–Trinajstić information content (AvgIpc) is 3.12. The van der Waals surface area contributed by atoms with Gasteiger partial charge < -0.3 is 14.8 Å². The molecule has 1 aromatic rings. The monoisotopic (exact) mass is 340 g/mol. The SMILES string of the molecule is CS(=O)(=O)NC[C@@H]1CCC[C@@H]1NC(=O)c1ccc2c(c1)OCO2. The van der Waals surface area contributed by atoms with Crippen LogP contribution < -0.4 is 19.5 Å². The molecule has 1 aliphatic carbocycles. The Kier molecular flexibility index (Phi) is 4.45. The Hall–Kier alpha value is -1.80. The van der Waals surface area contributed by atoms with E-state index in [1.807, 2.05) is 0 Å². The van der Waals surface area contributed by atoms with Crippen molar-refractivity contribution >= 4 is 15.9 Å². The smallest absolute Gasteiger partial charge is 0.251 e. The lowest BCUT2D eigenvalue weighted by Crippen LogP contribution is -2.41. The largest absolute Gasteiger partial charge is 0.454 e. The van der Waals surface area contributed by atoms with Gasteiger partial charge in [-0.1, -0.05) is 6.42 Å². The van der Waals surface area contributed by atoms with Gasteiger partial charge in [0.15, 0.2) is 11.5 Å². The third-order valence-corrected chi connectivity index (χ3v) is 4.91. The lowest BCUT2D eigenvalue weighted by Gasteiger charge is -2.21. The summed E-state index contributed by atoms with van der Waals surface area (Å²) < 4.78 is 35.5. The van der Waals surface area contributed by atoms with Crippen LogP contribution in [0.5, 0.6) is 11.5 Å². The lowest BCUT2D eigenvalue weighted by atomic mass is 10.0. The molecule has 1 heterocycles. The van der Waals surface area contributed by atoms with Crippen LogP contribution in [0.2, 0.25) is 0 Å². The standard InChI is InChI=1S/C15H20N2O5S/c1-23(19,20)16-8-11-3-2-4-12(11)17-15(18)10-5-6-13-14(7-10)22-9-21-13/h5-7,11-12,16H,2-4,8-9H2,1H3,(H,17,18)/t11-,12-/m0/s1. The van der Waals surface area contributed by atoms with Crippen LogP contribution in [0.15, 0.2) is 18.2 Å². The Balaban J connectivity index is 1.62. The van der Waals surface area contributed by atoms with Crippen LogP contribution in [0.25, 0.3) is 0 Å². The number of hydrogen-bond donors (Lipinski definition) is 2. The summed E-state index contributed by atoms with van der Waals surface area (Å²) in [5.41, 5.74) is 0.510. The van der Waals surface area contributed by atoms with Crippen LogP contribution in [-0.2, 0) is 10.0 Å². The lowest BCUT2D eigenvalue weighted by molar-refractivity contribution is 0.0928. The molecule has 0 unspecified atom stereocenters. The highest BCUT2D eigenvalue weighted by molar-refractivity contribution is 7.88. The Morgan fingerprint density at radius 2 is 2.04 bits per heavy atom. The van der Waals surface area contributed by atoms with Crippen LogP contribution in [0.3, 0.4) is 0 Å². The number of amides is 1. The number of carbonyl (C=O) groups is 1. The van der Waals surface area contributed by atoms with E-state index in [2.05, 4.69) is 10.0 Å². The van der Waals surface area contributed by atoms with E-state index < -0.39 is 10.0 Å². The third-order valence-electron chi connectivity index (χ3n) is 4.22. The molecular formula is C15H20N2O5S. The first-order valence-corrected chi connectivity index (χ1v) is 9.47. The molecule has 0 bridgehead atoms. The number of ether oxygens (including phenoxy) is 2. The van der Waals surface area contributed by atoms with E-state index >= 15 is 0 Å². The fourth-order valence-electron chi connectivity index (χ4n) is 3.02. The van der Waals surface area contributed by atoms with Crippen molar-refractivity contribution in [3.05, 3.63) is 23.8 Å². The Labute approximate surface area is 135 Å². The molecule has 1 aromatic carbocycles. The minimum Gasteiger partial charge on any atom is -0.454 e. The van der Waals surface area contributed by atoms with Gasteiger partial charge in [-0.25, -0.2) is 13.1 Å². The second-order valence-corrected chi connectivity index (χ2v) is 7.79. The van der Waals surface area contributed by atoms with Gasteiger partial charge in [0.1, 0.15) is 0 Å². The van der Waals surface area contributed by atoms with Gasteiger partial charge in [0, 0.05) is 18.2 Å². The molecule has 126 valence electrons. The summed E-state index contributed by atoms with van der Waals surface area (Å²) in [7, 11) is -3.22. The zero-order valence-corrected chi connectivity index (χ0v) is 13.7. The molecular weight excluding hydrogens is 320 g/mol. The van der Waals surface area contributed by atoms with Gasteiger partial charge in [-0.2, -0.15) is 0 Å². The molecule has 8 heteroatoms. The summed E-state index contributed by atoms with van der Waals surface area (Å²) in [6.07, 6.45) is 3.87. The molecule has 0 radical (unpaired) electrons.